The molecule has 0 aliphatic heterocycles. The summed E-state index contributed by atoms with van der Waals surface area (Å²) >= 11 is 0. The molecule has 0 aromatic heterocycles. The van der Waals surface area contributed by atoms with E-state index in [0.717, 1.165) is 18.6 Å². The van der Waals surface area contributed by atoms with Crippen LogP contribution in [0.25, 0.3) is 0 Å². The van der Waals surface area contributed by atoms with E-state index < -0.39 is 5.54 Å². The molecule has 3 heteroatoms. The molecule has 1 aromatic rings. The van der Waals surface area contributed by atoms with E-state index in [1.165, 1.54) is 5.56 Å². The highest BCUT2D eigenvalue weighted by molar-refractivity contribution is 5.27. The van der Waals surface area contributed by atoms with E-state index >= 15 is 0 Å². The SMILES string of the molecule is CCCc1ccc(OCC(C)(C#N)NC(C)C)cc1. The second-order valence-electron chi connectivity index (χ2n) is 5.43. The molecule has 1 rings (SSSR count). The van der Waals surface area contributed by atoms with Crippen molar-refractivity contribution < 1.29 is 4.74 Å². The Hall–Kier alpha value is -1.53. The van der Waals surface area contributed by atoms with Gasteiger partial charge in [-0.2, -0.15) is 5.26 Å². The summed E-state index contributed by atoms with van der Waals surface area (Å²) in [4.78, 5) is 0. The summed E-state index contributed by atoms with van der Waals surface area (Å²) in [6.07, 6.45) is 2.23. The van der Waals surface area contributed by atoms with Crippen LogP contribution in [0.2, 0.25) is 0 Å². The highest BCUT2D eigenvalue weighted by Crippen LogP contribution is 2.15. The van der Waals surface area contributed by atoms with Gasteiger partial charge in [0.05, 0.1) is 6.07 Å². The molecule has 1 atom stereocenters. The van der Waals surface area contributed by atoms with Gasteiger partial charge >= 0.3 is 0 Å². The number of ether oxygens (including phenoxy) is 1. The number of hydrogen-bond donors (Lipinski definition) is 1. The molecule has 0 heterocycles. The van der Waals surface area contributed by atoms with Gasteiger partial charge in [-0.15, -0.1) is 0 Å². The summed E-state index contributed by atoms with van der Waals surface area (Å²) in [5, 5.41) is 12.5. The molecule has 1 aromatic carbocycles. The molecule has 0 radical (unpaired) electrons. The summed E-state index contributed by atoms with van der Waals surface area (Å²) in [6.45, 7) is 8.41. The summed E-state index contributed by atoms with van der Waals surface area (Å²) in [5.41, 5.74) is 0.661. The molecule has 104 valence electrons. The third-order valence-electron chi connectivity index (χ3n) is 2.84. The second kappa shape index (κ2) is 7.16. The van der Waals surface area contributed by atoms with Crippen LogP contribution in [0.3, 0.4) is 0 Å². The van der Waals surface area contributed by atoms with E-state index in [1.807, 2.05) is 32.9 Å². The number of rotatable bonds is 7. The van der Waals surface area contributed by atoms with Crippen LogP contribution in [-0.4, -0.2) is 18.2 Å². The molecule has 0 fully saturated rings. The lowest BCUT2D eigenvalue weighted by Crippen LogP contribution is -2.49. The molecule has 0 bridgehead atoms. The first-order valence-electron chi connectivity index (χ1n) is 6.90. The molecule has 19 heavy (non-hydrogen) atoms. The van der Waals surface area contributed by atoms with E-state index in [9.17, 15) is 5.26 Å². The quantitative estimate of drug-likeness (QED) is 0.818. The highest BCUT2D eigenvalue weighted by atomic mass is 16.5. The Morgan fingerprint density at radius 1 is 1.32 bits per heavy atom. The standard InChI is InChI=1S/C16H24N2O/c1-5-6-14-7-9-15(10-8-14)19-12-16(4,11-17)18-13(2)3/h7-10,13,18H,5-6,12H2,1-4H3. The Labute approximate surface area is 116 Å². The lowest BCUT2D eigenvalue weighted by Gasteiger charge is -2.25. The van der Waals surface area contributed by atoms with Gasteiger partial charge in [0.1, 0.15) is 17.9 Å². The van der Waals surface area contributed by atoms with Crippen LogP contribution in [0.15, 0.2) is 24.3 Å². The lowest BCUT2D eigenvalue weighted by molar-refractivity contribution is 0.225. The van der Waals surface area contributed by atoms with Crippen molar-refractivity contribution in [1.82, 2.24) is 5.32 Å². The molecule has 3 nitrogen and oxygen atoms in total. The third kappa shape index (κ3) is 5.32. The van der Waals surface area contributed by atoms with Crippen LogP contribution in [0, 0.1) is 11.3 Å². The maximum atomic E-state index is 9.23. The minimum absolute atomic E-state index is 0.250. The summed E-state index contributed by atoms with van der Waals surface area (Å²) in [6, 6.07) is 10.6. The Morgan fingerprint density at radius 3 is 2.42 bits per heavy atom. The monoisotopic (exact) mass is 260 g/mol. The smallest absolute Gasteiger partial charge is 0.138 e. The number of hydrogen-bond acceptors (Lipinski definition) is 3. The van der Waals surface area contributed by atoms with Gasteiger partial charge in [-0.25, -0.2) is 0 Å². The maximum Gasteiger partial charge on any atom is 0.138 e. The van der Waals surface area contributed by atoms with Crippen LogP contribution in [-0.2, 0) is 6.42 Å². The molecule has 0 amide bonds. The van der Waals surface area contributed by atoms with Crippen molar-refractivity contribution in [2.45, 2.75) is 52.1 Å². The van der Waals surface area contributed by atoms with Gasteiger partial charge < -0.3 is 4.74 Å². The van der Waals surface area contributed by atoms with Crippen molar-refractivity contribution in [2.24, 2.45) is 0 Å². The highest BCUT2D eigenvalue weighted by Gasteiger charge is 2.25. The largest absolute Gasteiger partial charge is 0.491 e. The fourth-order valence-corrected chi connectivity index (χ4v) is 2.01. The van der Waals surface area contributed by atoms with Crippen molar-refractivity contribution in [3.63, 3.8) is 0 Å². The van der Waals surface area contributed by atoms with E-state index in [0.29, 0.717) is 6.61 Å². The van der Waals surface area contributed by atoms with Crippen LogP contribution in [0.4, 0.5) is 0 Å². The fourth-order valence-electron chi connectivity index (χ4n) is 2.01. The van der Waals surface area contributed by atoms with Crippen molar-refractivity contribution in [2.75, 3.05) is 6.61 Å². The van der Waals surface area contributed by atoms with Gasteiger partial charge in [0, 0.05) is 6.04 Å². The number of aryl methyl sites for hydroxylation is 1. The molecule has 1 N–H and O–H groups in total. The Balaban J connectivity index is 2.57. The van der Waals surface area contributed by atoms with Gasteiger partial charge in [-0.05, 0) is 44.9 Å². The minimum Gasteiger partial charge on any atom is -0.491 e. The first kappa shape index (κ1) is 15.5. The van der Waals surface area contributed by atoms with Crippen LogP contribution in [0.5, 0.6) is 5.75 Å². The van der Waals surface area contributed by atoms with E-state index in [2.05, 4.69) is 30.4 Å². The number of nitrogens with one attached hydrogen (secondary N) is 1. The normalized spacial score (nSPS) is 13.9. The molecular weight excluding hydrogens is 236 g/mol. The molecule has 0 aliphatic carbocycles. The molecule has 0 saturated carbocycles. The zero-order valence-electron chi connectivity index (χ0n) is 12.4. The van der Waals surface area contributed by atoms with Crippen LogP contribution in [0.1, 0.15) is 39.7 Å². The molecule has 0 saturated heterocycles. The molecular formula is C16H24N2O. The number of nitriles is 1. The average molecular weight is 260 g/mol. The average Bonchev–Trinajstić information content (AvgIpc) is 2.38. The lowest BCUT2D eigenvalue weighted by atomic mass is 10.1. The topological polar surface area (TPSA) is 45.0 Å². The first-order chi connectivity index (χ1) is 8.99. The predicted octanol–water partition coefficient (Wildman–Crippen LogP) is 3.30. The fraction of sp³-hybridized carbons (Fsp3) is 0.562. The van der Waals surface area contributed by atoms with Gasteiger partial charge in [0.2, 0.25) is 0 Å². The van der Waals surface area contributed by atoms with Gasteiger partial charge in [0.15, 0.2) is 0 Å². The van der Waals surface area contributed by atoms with Crippen molar-refractivity contribution in [1.29, 1.82) is 5.26 Å². The van der Waals surface area contributed by atoms with Crippen LogP contribution < -0.4 is 10.1 Å². The van der Waals surface area contributed by atoms with Gasteiger partial charge in [-0.1, -0.05) is 25.5 Å². The second-order valence-corrected chi connectivity index (χ2v) is 5.43. The van der Waals surface area contributed by atoms with Crippen molar-refractivity contribution in [3.05, 3.63) is 29.8 Å². The van der Waals surface area contributed by atoms with E-state index in [-0.39, 0.29) is 6.04 Å². The Bertz CT molecular complexity index is 419. The molecule has 0 aliphatic rings. The number of nitrogens with zero attached hydrogens (tertiary/aromatic N) is 1. The maximum absolute atomic E-state index is 9.23. The predicted molar refractivity (Wildman–Crippen MR) is 78.2 cm³/mol. The zero-order chi connectivity index (χ0) is 14.3. The third-order valence-corrected chi connectivity index (χ3v) is 2.84. The Kier molecular flexibility index (Phi) is 5.85. The molecule has 1 unspecified atom stereocenters. The molecule has 0 spiro atoms. The summed E-state index contributed by atoms with van der Waals surface area (Å²) in [5.74, 6) is 0.812. The number of benzene rings is 1. The van der Waals surface area contributed by atoms with E-state index in [4.69, 9.17) is 4.74 Å². The zero-order valence-corrected chi connectivity index (χ0v) is 12.4. The van der Waals surface area contributed by atoms with Crippen molar-refractivity contribution >= 4 is 0 Å². The summed E-state index contributed by atoms with van der Waals surface area (Å²) in [7, 11) is 0. The van der Waals surface area contributed by atoms with E-state index in [1.54, 1.807) is 0 Å². The Morgan fingerprint density at radius 2 is 1.95 bits per heavy atom. The van der Waals surface area contributed by atoms with Crippen molar-refractivity contribution in [3.8, 4) is 11.8 Å². The van der Waals surface area contributed by atoms with Crippen LogP contribution >= 0.6 is 0 Å². The van der Waals surface area contributed by atoms with Gasteiger partial charge in [-0.3, -0.25) is 5.32 Å². The minimum atomic E-state index is -0.656. The first-order valence-corrected chi connectivity index (χ1v) is 6.90. The van der Waals surface area contributed by atoms with Gasteiger partial charge in [0.25, 0.3) is 0 Å². The summed E-state index contributed by atoms with van der Waals surface area (Å²) < 4.78 is 5.71.